The van der Waals surface area contributed by atoms with Crippen LogP contribution < -0.4 is 4.90 Å². The second-order valence-corrected chi connectivity index (χ2v) is 9.16. The molecule has 6 rings (SSSR count). The van der Waals surface area contributed by atoms with Crippen molar-refractivity contribution in [3.63, 3.8) is 0 Å². The highest BCUT2D eigenvalue weighted by atomic mass is 19.2. The van der Waals surface area contributed by atoms with Crippen molar-refractivity contribution in [2.45, 2.75) is 6.54 Å². The van der Waals surface area contributed by atoms with Gasteiger partial charge in [-0.2, -0.15) is 0 Å². The summed E-state index contributed by atoms with van der Waals surface area (Å²) in [5.74, 6) is -4.07. The van der Waals surface area contributed by atoms with Gasteiger partial charge in [-0.1, -0.05) is 59.8 Å². The number of hydrogen-bond donors (Lipinski definition) is 2. The van der Waals surface area contributed by atoms with Crippen LogP contribution in [-0.4, -0.2) is 38.2 Å². The van der Waals surface area contributed by atoms with Gasteiger partial charge in [0.05, 0.1) is 17.8 Å². The van der Waals surface area contributed by atoms with Crippen molar-refractivity contribution in [2.75, 3.05) is 4.90 Å². The van der Waals surface area contributed by atoms with Crippen molar-refractivity contribution in [1.82, 2.24) is 15.4 Å². The lowest BCUT2D eigenvalue weighted by Crippen LogP contribution is -2.25. The van der Waals surface area contributed by atoms with Gasteiger partial charge >= 0.3 is 5.97 Å². The number of carboxylic acid groups (broad SMARTS) is 1. The number of anilines is 1. The Bertz CT molecular complexity index is 1840. The fourth-order valence-corrected chi connectivity index (χ4v) is 4.76. The highest BCUT2D eigenvalue weighted by Crippen LogP contribution is 2.36. The Kier molecular flexibility index (Phi) is 5.99. The monoisotopic (exact) mass is 536 g/mol. The van der Waals surface area contributed by atoms with Gasteiger partial charge in [0, 0.05) is 16.7 Å². The molecule has 1 aliphatic heterocycles. The van der Waals surface area contributed by atoms with Gasteiger partial charge in [0.15, 0.2) is 11.6 Å². The molecule has 1 amide bonds. The molecule has 0 spiro atoms. The number of nitrogens with one attached hydrogen (secondary N) is 1. The maximum atomic E-state index is 13.9. The predicted octanol–water partition coefficient (Wildman–Crippen LogP) is 5.51. The summed E-state index contributed by atoms with van der Waals surface area (Å²) in [4.78, 5) is 40.0. The zero-order valence-corrected chi connectivity index (χ0v) is 20.6. The first-order valence-corrected chi connectivity index (χ1v) is 12.1. The Balaban J connectivity index is 1.37. The van der Waals surface area contributed by atoms with E-state index < -0.39 is 23.5 Å². The van der Waals surface area contributed by atoms with Gasteiger partial charge in [-0.15, -0.1) is 5.10 Å². The number of hydrogen-bond acceptors (Lipinski definition) is 5. The molecule has 0 fully saturated rings. The van der Waals surface area contributed by atoms with Crippen LogP contribution >= 0.6 is 0 Å². The van der Waals surface area contributed by atoms with Gasteiger partial charge in [-0.3, -0.25) is 14.7 Å². The Hall–Kier alpha value is -5.51. The van der Waals surface area contributed by atoms with E-state index in [-0.39, 0.29) is 35.0 Å². The number of amides is 1. The minimum absolute atomic E-state index is 0.0879. The molecule has 8 nitrogen and oxygen atoms in total. The van der Waals surface area contributed by atoms with E-state index in [0.717, 1.165) is 12.1 Å². The van der Waals surface area contributed by atoms with E-state index in [4.69, 9.17) is 0 Å². The second-order valence-electron chi connectivity index (χ2n) is 9.16. The lowest BCUT2D eigenvalue weighted by Gasteiger charge is -2.19. The number of H-pyrrole nitrogens is 1. The van der Waals surface area contributed by atoms with E-state index in [2.05, 4.69) is 15.4 Å². The first-order valence-electron chi connectivity index (χ1n) is 12.1. The summed E-state index contributed by atoms with van der Waals surface area (Å²) < 4.78 is 27.3. The molecule has 196 valence electrons. The van der Waals surface area contributed by atoms with Crippen LogP contribution in [0, 0.1) is 11.6 Å². The van der Waals surface area contributed by atoms with Crippen molar-refractivity contribution in [3.05, 3.63) is 125 Å². The maximum Gasteiger partial charge on any atom is 0.337 e. The normalized spacial score (nSPS) is 12.4. The van der Waals surface area contributed by atoms with Gasteiger partial charge < -0.3 is 10.0 Å². The van der Waals surface area contributed by atoms with E-state index in [9.17, 15) is 28.3 Å². The minimum atomic E-state index is -1.25. The lowest BCUT2D eigenvalue weighted by molar-refractivity contribution is 0.0697. The van der Waals surface area contributed by atoms with E-state index in [1.807, 2.05) is 0 Å². The topological polar surface area (TPSA) is 116 Å². The highest BCUT2D eigenvalue weighted by Gasteiger charge is 2.32. The molecule has 0 saturated carbocycles. The van der Waals surface area contributed by atoms with E-state index in [1.54, 1.807) is 48.5 Å². The number of halogens is 2. The molecule has 4 aromatic carbocycles. The van der Waals surface area contributed by atoms with Crippen LogP contribution in [0.2, 0.25) is 0 Å². The smallest absolute Gasteiger partial charge is 0.337 e. The molecule has 0 bridgehead atoms. The number of carbonyl (C=O) groups is 3. The summed E-state index contributed by atoms with van der Waals surface area (Å²) in [7, 11) is 0. The summed E-state index contributed by atoms with van der Waals surface area (Å²) in [6, 6.07) is 21.3. The number of ketones is 1. The molecule has 0 aliphatic carbocycles. The van der Waals surface area contributed by atoms with Crippen LogP contribution in [-0.2, 0) is 6.54 Å². The number of benzene rings is 4. The maximum absolute atomic E-state index is 13.9. The average molecular weight is 536 g/mol. The van der Waals surface area contributed by atoms with Crippen molar-refractivity contribution >= 4 is 23.3 Å². The third kappa shape index (κ3) is 4.21. The molecule has 2 N–H and O–H groups in total. The molecule has 0 saturated heterocycles. The predicted molar refractivity (Wildman–Crippen MR) is 141 cm³/mol. The summed E-state index contributed by atoms with van der Waals surface area (Å²) in [6.45, 7) is 0.0879. The van der Waals surface area contributed by atoms with Gasteiger partial charge in [0.1, 0.15) is 11.4 Å². The largest absolute Gasteiger partial charge is 0.478 e. The zero-order chi connectivity index (χ0) is 28.0. The SMILES string of the molecule is O=C(O)c1ccc(-c2ccc(F)c(F)c2)cc1N1Cc2ccc(-c3nn[nH]c3C(=O)c3ccccc3)cc2C1=O. The fourth-order valence-electron chi connectivity index (χ4n) is 4.76. The Labute approximate surface area is 225 Å². The highest BCUT2D eigenvalue weighted by molar-refractivity contribution is 6.14. The van der Waals surface area contributed by atoms with Gasteiger partial charge in [0.25, 0.3) is 5.91 Å². The molecular weight excluding hydrogens is 518 g/mol. The van der Waals surface area contributed by atoms with Gasteiger partial charge in [-0.05, 0) is 47.0 Å². The molecule has 0 atom stereocenters. The Morgan fingerprint density at radius 2 is 1.57 bits per heavy atom. The van der Waals surface area contributed by atoms with E-state index in [1.165, 1.54) is 29.2 Å². The molecule has 0 unspecified atom stereocenters. The Morgan fingerprint density at radius 3 is 2.33 bits per heavy atom. The molecule has 2 heterocycles. The molecule has 10 heteroatoms. The van der Waals surface area contributed by atoms with Crippen molar-refractivity contribution < 1.29 is 28.3 Å². The molecule has 40 heavy (non-hydrogen) atoms. The van der Waals surface area contributed by atoms with Gasteiger partial charge in [-0.25, -0.2) is 13.6 Å². The van der Waals surface area contributed by atoms with E-state index in [0.29, 0.717) is 33.4 Å². The number of rotatable bonds is 6. The van der Waals surface area contributed by atoms with Crippen LogP contribution in [0.25, 0.3) is 22.4 Å². The molecule has 1 aromatic heterocycles. The summed E-state index contributed by atoms with van der Waals surface area (Å²) in [5.41, 5.74) is 3.04. The number of aromatic nitrogens is 3. The number of nitrogens with zero attached hydrogens (tertiary/aromatic N) is 3. The number of aromatic carboxylic acids is 1. The number of carbonyl (C=O) groups excluding carboxylic acids is 2. The quantitative estimate of drug-likeness (QED) is 0.277. The summed E-state index contributed by atoms with van der Waals surface area (Å²) in [5, 5.41) is 20.3. The lowest BCUT2D eigenvalue weighted by atomic mass is 10.00. The van der Waals surface area contributed by atoms with Crippen molar-refractivity contribution in [2.24, 2.45) is 0 Å². The van der Waals surface area contributed by atoms with Crippen LogP contribution in [0.5, 0.6) is 0 Å². The molecule has 5 aromatic rings. The Morgan fingerprint density at radius 1 is 0.850 bits per heavy atom. The first kappa shape index (κ1) is 24.8. The standard InChI is InChI=1S/C30H18F2N4O4/c31-23-11-9-17(13-24(23)32)18-8-10-21(30(39)40)25(14-18)36-15-20-7-6-19(12-22(20)29(36)38)26-27(34-35-33-26)28(37)16-4-2-1-3-5-16/h1-14H,15H2,(H,39,40)(H,33,34,35). The van der Waals surface area contributed by atoms with Crippen molar-refractivity contribution in [3.8, 4) is 22.4 Å². The number of fused-ring (bicyclic) bond motifs is 1. The van der Waals surface area contributed by atoms with Gasteiger partial charge in [0.2, 0.25) is 5.78 Å². The third-order valence-electron chi connectivity index (χ3n) is 6.77. The fraction of sp³-hybridized carbons (Fsp3) is 0.0333. The molecule has 0 radical (unpaired) electrons. The number of carboxylic acids is 1. The van der Waals surface area contributed by atoms with Crippen LogP contribution in [0.1, 0.15) is 42.3 Å². The summed E-state index contributed by atoms with van der Waals surface area (Å²) >= 11 is 0. The number of aromatic amines is 1. The summed E-state index contributed by atoms with van der Waals surface area (Å²) in [6.07, 6.45) is 0. The second kappa shape index (κ2) is 9.66. The van der Waals surface area contributed by atoms with Crippen LogP contribution in [0.3, 0.4) is 0 Å². The third-order valence-corrected chi connectivity index (χ3v) is 6.77. The van der Waals surface area contributed by atoms with Crippen molar-refractivity contribution in [1.29, 1.82) is 0 Å². The van der Waals surface area contributed by atoms with Crippen LogP contribution in [0.15, 0.2) is 84.9 Å². The average Bonchev–Trinajstić information content (AvgIpc) is 3.59. The first-order chi connectivity index (χ1) is 19.3. The van der Waals surface area contributed by atoms with E-state index >= 15 is 0 Å². The zero-order valence-electron chi connectivity index (χ0n) is 20.6. The molecule has 1 aliphatic rings. The van der Waals surface area contributed by atoms with Crippen LogP contribution in [0.4, 0.5) is 14.5 Å². The molecular formula is C30H18F2N4O4. The minimum Gasteiger partial charge on any atom is -0.478 e.